The highest BCUT2D eigenvalue weighted by atomic mass is 16.5. The van der Waals surface area contributed by atoms with Crippen molar-refractivity contribution in [1.82, 2.24) is 5.43 Å². The number of hydrogen-bond donors (Lipinski definition) is 1. The van der Waals surface area contributed by atoms with Gasteiger partial charge in [-0.2, -0.15) is 5.10 Å². The molecule has 118 valence electrons. The summed E-state index contributed by atoms with van der Waals surface area (Å²) in [4.78, 5) is 11.9. The van der Waals surface area contributed by atoms with Gasteiger partial charge in [-0.3, -0.25) is 4.79 Å². The summed E-state index contributed by atoms with van der Waals surface area (Å²) in [5.74, 6) is 0.372. The molecule has 2 aromatic rings. The third-order valence-corrected chi connectivity index (χ3v) is 3.10. The van der Waals surface area contributed by atoms with Gasteiger partial charge in [-0.1, -0.05) is 48.5 Å². The molecule has 0 aliphatic rings. The molecule has 23 heavy (non-hydrogen) atoms. The third kappa shape index (κ3) is 5.79. The summed E-state index contributed by atoms with van der Waals surface area (Å²) in [6.07, 6.45) is 4.58. The van der Waals surface area contributed by atoms with E-state index in [1.54, 1.807) is 13.0 Å². The van der Waals surface area contributed by atoms with Crippen molar-refractivity contribution in [2.75, 3.05) is 0 Å². The largest absolute Gasteiger partial charge is 0.481 e. The number of hydrazone groups is 1. The van der Waals surface area contributed by atoms with E-state index in [9.17, 15) is 4.79 Å². The number of carbonyl (C=O) groups excluding carboxylic acids is 1. The number of nitrogens with one attached hydrogen (secondary N) is 1. The van der Waals surface area contributed by atoms with Gasteiger partial charge in [0.1, 0.15) is 5.75 Å². The SMILES string of the molecule is Cc1cccc(OC(C)C(=O)NN=CC=Cc2ccccc2)c1. The van der Waals surface area contributed by atoms with Crippen molar-refractivity contribution in [2.45, 2.75) is 20.0 Å². The molecule has 0 saturated heterocycles. The van der Waals surface area contributed by atoms with Crippen molar-refractivity contribution >= 4 is 18.2 Å². The van der Waals surface area contributed by atoms with Gasteiger partial charge in [0, 0.05) is 6.21 Å². The Morgan fingerprint density at radius 3 is 2.70 bits per heavy atom. The smallest absolute Gasteiger partial charge is 0.280 e. The summed E-state index contributed by atoms with van der Waals surface area (Å²) >= 11 is 0. The van der Waals surface area contributed by atoms with E-state index in [1.807, 2.05) is 67.6 Å². The Morgan fingerprint density at radius 1 is 1.17 bits per heavy atom. The first-order chi connectivity index (χ1) is 11.1. The zero-order valence-corrected chi connectivity index (χ0v) is 13.3. The molecule has 0 aromatic heterocycles. The van der Waals surface area contributed by atoms with Gasteiger partial charge in [-0.25, -0.2) is 5.43 Å². The molecule has 0 aliphatic heterocycles. The van der Waals surface area contributed by atoms with E-state index in [0.29, 0.717) is 5.75 Å². The van der Waals surface area contributed by atoms with E-state index in [1.165, 1.54) is 6.21 Å². The number of carbonyl (C=O) groups is 1. The van der Waals surface area contributed by atoms with Crippen LogP contribution in [0, 0.1) is 6.92 Å². The van der Waals surface area contributed by atoms with Crippen molar-refractivity contribution in [2.24, 2.45) is 5.10 Å². The van der Waals surface area contributed by atoms with Gasteiger partial charge in [-0.15, -0.1) is 0 Å². The zero-order valence-electron chi connectivity index (χ0n) is 13.3. The maximum Gasteiger partial charge on any atom is 0.280 e. The fourth-order valence-electron chi connectivity index (χ4n) is 1.90. The van der Waals surface area contributed by atoms with Crippen LogP contribution in [0.2, 0.25) is 0 Å². The lowest BCUT2D eigenvalue weighted by molar-refractivity contribution is -0.127. The number of aryl methyl sites for hydroxylation is 1. The van der Waals surface area contributed by atoms with Crippen LogP contribution in [0.15, 0.2) is 65.8 Å². The van der Waals surface area contributed by atoms with Gasteiger partial charge < -0.3 is 4.74 Å². The molecule has 0 bridgehead atoms. The van der Waals surface area contributed by atoms with Gasteiger partial charge in [0.15, 0.2) is 6.10 Å². The zero-order chi connectivity index (χ0) is 16.5. The van der Waals surface area contributed by atoms with Crippen LogP contribution in [0.1, 0.15) is 18.1 Å². The predicted octanol–water partition coefficient (Wildman–Crippen LogP) is 3.58. The number of hydrogen-bond acceptors (Lipinski definition) is 3. The lowest BCUT2D eigenvalue weighted by atomic mass is 10.2. The molecule has 0 spiro atoms. The average molecular weight is 308 g/mol. The van der Waals surface area contributed by atoms with Crippen molar-refractivity contribution in [3.8, 4) is 5.75 Å². The summed E-state index contributed by atoms with van der Waals surface area (Å²) in [5, 5.41) is 3.88. The van der Waals surface area contributed by atoms with Crippen LogP contribution in [-0.2, 0) is 4.79 Å². The molecule has 2 rings (SSSR count). The topological polar surface area (TPSA) is 50.7 Å². The Morgan fingerprint density at radius 2 is 1.96 bits per heavy atom. The quantitative estimate of drug-likeness (QED) is 0.655. The number of benzene rings is 2. The van der Waals surface area contributed by atoms with E-state index in [2.05, 4.69) is 10.5 Å². The molecule has 0 fully saturated rings. The van der Waals surface area contributed by atoms with Crippen LogP contribution in [0.5, 0.6) is 5.75 Å². The molecule has 1 atom stereocenters. The maximum absolute atomic E-state index is 11.9. The number of nitrogens with zero attached hydrogens (tertiary/aromatic N) is 1. The molecule has 4 heteroatoms. The Bertz CT molecular complexity index is 694. The van der Waals surface area contributed by atoms with Crippen LogP contribution in [0.4, 0.5) is 0 Å². The van der Waals surface area contributed by atoms with Crippen molar-refractivity contribution < 1.29 is 9.53 Å². The monoisotopic (exact) mass is 308 g/mol. The first-order valence-corrected chi connectivity index (χ1v) is 7.43. The number of ether oxygens (including phenoxy) is 1. The van der Waals surface area contributed by atoms with Crippen molar-refractivity contribution in [1.29, 1.82) is 0 Å². The van der Waals surface area contributed by atoms with E-state index in [0.717, 1.165) is 11.1 Å². The highest BCUT2D eigenvalue weighted by Gasteiger charge is 2.13. The average Bonchev–Trinajstić information content (AvgIpc) is 2.55. The Kier molecular flexibility index (Phi) is 6.12. The minimum absolute atomic E-state index is 0.295. The van der Waals surface area contributed by atoms with Gasteiger partial charge in [0.2, 0.25) is 0 Å². The molecule has 0 saturated carbocycles. The first-order valence-electron chi connectivity index (χ1n) is 7.43. The molecule has 0 radical (unpaired) electrons. The van der Waals surface area contributed by atoms with Gasteiger partial charge in [0.25, 0.3) is 5.91 Å². The minimum atomic E-state index is -0.618. The Labute approximate surface area is 136 Å². The Balaban J connectivity index is 1.79. The number of amides is 1. The first kappa shape index (κ1) is 16.5. The van der Waals surface area contributed by atoms with Gasteiger partial charge in [-0.05, 0) is 43.2 Å². The molecule has 0 heterocycles. The van der Waals surface area contributed by atoms with Crippen LogP contribution in [0.25, 0.3) is 6.08 Å². The fraction of sp³-hybridized carbons (Fsp3) is 0.158. The van der Waals surface area contributed by atoms with Gasteiger partial charge in [0.05, 0.1) is 0 Å². The van der Waals surface area contributed by atoms with Crippen LogP contribution < -0.4 is 10.2 Å². The molecule has 1 amide bonds. The molecule has 0 aliphatic carbocycles. The van der Waals surface area contributed by atoms with Crippen LogP contribution >= 0.6 is 0 Å². The second-order valence-electron chi connectivity index (χ2n) is 5.10. The molecule has 2 aromatic carbocycles. The number of rotatable bonds is 6. The molecular weight excluding hydrogens is 288 g/mol. The summed E-state index contributed by atoms with van der Waals surface area (Å²) < 4.78 is 5.58. The van der Waals surface area contributed by atoms with Crippen LogP contribution in [0.3, 0.4) is 0 Å². The minimum Gasteiger partial charge on any atom is -0.481 e. The maximum atomic E-state index is 11.9. The van der Waals surface area contributed by atoms with Crippen molar-refractivity contribution in [3.63, 3.8) is 0 Å². The predicted molar refractivity (Wildman–Crippen MR) is 93.4 cm³/mol. The molecule has 4 nitrogen and oxygen atoms in total. The van der Waals surface area contributed by atoms with E-state index < -0.39 is 6.10 Å². The lowest BCUT2D eigenvalue weighted by Gasteiger charge is -2.13. The highest BCUT2D eigenvalue weighted by Crippen LogP contribution is 2.14. The second kappa shape index (κ2) is 8.54. The van der Waals surface area contributed by atoms with Gasteiger partial charge >= 0.3 is 0 Å². The molecule has 1 unspecified atom stereocenters. The van der Waals surface area contributed by atoms with E-state index >= 15 is 0 Å². The summed E-state index contributed by atoms with van der Waals surface area (Å²) in [6, 6.07) is 17.4. The van der Waals surface area contributed by atoms with E-state index in [4.69, 9.17) is 4.74 Å². The van der Waals surface area contributed by atoms with Crippen LogP contribution in [-0.4, -0.2) is 18.2 Å². The normalized spacial score (nSPS) is 12.4. The Hall–Kier alpha value is -2.88. The van der Waals surface area contributed by atoms with Crippen molar-refractivity contribution in [3.05, 3.63) is 71.8 Å². The molecular formula is C19H20N2O2. The third-order valence-electron chi connectivity index (χ3n) is 3.10. The molecule has 1 N–H and O–H groups in total. The summed E-state index contributed by atoms with van der Waals surface area (Å²) in [6.45, 7) is 3.66. The summed E-state index contributed by atoms with van der Waals surface area (Å²) in [7, 11) is 0. The number of allylic oxidation sites excluding steroid dienone is 1. The fourth-order valence-corrected chi connectivity index (χ4v) is 1.90. The lowest BCUT2D eigenvalue weighted by Crippen LogP contribution is -2.33. The van der Waals surface area contributed by atoms with E-state index in [-0.39, 0.29) is 5.91 Å². The standard InChI is InChI=1S/C19H20N2O2/c1-15-8-6-12-18(14-15)23-16(2)19(22)21-20-13-7-11-17-9-4-3-5-10-17/h3-14,16H,1-2H3,(H,21,22). The second-order valence-corrected chi connectivity index (χ2v) is 5.10. The highest BCUT2D eigenvalue weighted by molar-refractivity contribution is 5.83. The summed E-state index contributed by atoms with van der Waals surface area (Å²) in [5.41, 5.74) is 4.61.